The Labute approximate surface area is 95.3 Å². The smallest absolute Gasteiger partial charge is 0.417 e. The molecule has 1 aromatic carbocycles. The maximum atomic E-state index is 12.5. The van der Waals surface area contributed by atoms with Crippen molar-refractivity contribution in [2.45, 2.75) is 12.3 Å². The first-order valence-electron chi connectivity index (χ1n) is 4.71. The van der Waals surface area contributed by atoms with Gasteiger partial charge in [0.2, 0.25) is 0 Å². The van der Waals surface area contributed by atoms with Gasteiger partial charge in [-0.05, 0) is 12.1 Å². The van der Waals surface area contributed by atoms with Gasteiger partial charge in [-0.15, -0.1) is 0 Å². The van der Waals surface area contributed by atoms with Gasteiger partial charge in [0.15, 0.2) is 0 Å². The fraction of sp³-hybridized carbons (Fsp3) is 0.400. The van der Waals surface area contributed by atoms with Crippen molar-refractivity contribution in [2.75, 3.05) is 13.1 Å². The molecule has 0 amide bonds. The van der Waals surface area contributed by atoms with E-state index in [9.17, 15) is 13.2 Å². The molecular formula is C10H9ClF3NO. The molecule has 0 atom stereocenters. The van der Waals surface area contributed by atoms with Crippen LogP contribution < -0.4 is 10.1 Å². The summed E-state index contributed by atoms with van der Waals surface area (Å²) in [6.45, 7) is 1.26. The molecule has 1 aliphatic rings. The number of ether oxygens (including phenoxy) is 1. The van der Waals surface area contributed by atoms with Crippen molar-refractivity contribution in [3.8, 4) is 5.75 Å². The van der Waals surface area contributed by atoms with Gasteiger partial charge in [0.1, 0.15) is 11.9 Å². The summed E-state index contributed by atoms with van der Waals surface area (Å²) < 4.78 is 42.9. The lowest BCUT2D eigenvalue weighted by atomic mass is 10.2. The summed E-state index contributed by atoms with van der Waals surface area (Å²) in [5.41, 5.74) is -0.862. The van der Waals surface area contributed by atoms with E-state index in [-0.39, 0.29) is 16.9 Å². The SMILES string of the molecule is FC(F)(F)c1cccc(OC2CNC2)c1Cl. The predicted octanol–water partition coefficient (Wildman–Crippen LogP) is 2.71. The topological polar surface area (TPSA) is 21.3 Å². The molecule has 1 N–H and O–H groups in total. The maximum absolute atomic E-state index is 12.5. The third-order valence-corrected chi connectivity index (χ3v) is 2.70. The Morgan fingerprint density at radius 2 is 2.00 bits per heavy atom. The van der Waals surface area contributed by atoms with Crippen LogP contribution in [0.4, 0.5) is 13.2 Å². The van der Waals surface area contributed by atoms with E-state index in [1.54, 1.807) is 0 Å². The molecule has 6 heteroatoms. The van der Waals surface area contributed by atoms with E-state index < -0.39 is 11.7 Å². The van der Waals surface area contributed by atoms with Gasteiger partial charge < -0.3 is 10.1 Å². The second-order valence-electron chi connectivity index (χ2n) is 3.51. The van der Waals surface area contributed by atoms with Crippen molar-refractivity contribution in [3.05, 3.63) is 28.8 Å². The molecule has 0 aliphatic carbocycles. The molecule has 0 radical (unpaired) electrons. The highest BCUT2D eigenvalue weighted by Crippen LogP contribution is 2.39. The standard InChI is InChI=1S/C10H9ClF3NO/c11-9-7(10(12,13)14)2-1-3-8(9)16-6-4-15-5-6/h1-3,6,15H,4-5H2. The fourth-order valence-electron chi connectivity index (χ4n) is 1.35. The third kappa shape index (κ3) is 2.25. The number of hydrogen-bond donors (Lipinski definition) is 1. The Morgan fingerprint density at radius 1 is 1.31 bits per heavy atom. The van der Waals surface area contributed by atoms with Crippen LogP contribution in [-0.2, 0) is 6.18 Å². The molecule has 1 fully saturated rings. The van der Waals surface area contributed by atoms with E-state index in [0.29, 0.717) is 13.1 Å². The average molecular weight is 252 g/mol. The van der Waals surface area contributed by atoms with E-state index >= 15 is 0 Å². The first-order valence-corrected chi connectivity index (χ1v) is 5.09. The summed E-state index contributed by atoms with van der Waals surface area (Å²) in [5.74, 6) is 0.0861. The minimum Gasteiger partial charge on any atom is -0.486 e. The summed E-state index contributed by atoms with van der Waals surface area (Å²) in [6, 6.07) is 3.67. The molecule has 1 aromatic rings. The van der Waals surface area contributed by atoms with Crippen molar-refractivity contribution in [2.24, 2.45) is 0 Å². The zero-order chi connectivity index (χ0) is 11.8. The van der Waals surface area contributed by atoms with E-state index in [2.05, 4.69) is 5.32 Å². The van der Waals surface area contributed by atoms with Gasteiger partial charge in [0.05, 0.1) is 10.6 Å². The monoisotopic (exact) mass is 251 g/mol. The number of rotatable bonds is 2. The Morgan fingerprint density at radius 3 is 2.50 bits per heavy atom. The number of hydrogen-bond acceptors (Lipinski definition) is 2. The Kier molecular flexibility index (Phi) is 2.99. The van der Waals surface area contributed by atoms with Crippen molar-refractivity contribution in [3.63, 3.8) is 0 Å². The van der Waals surface area contributed by atoms with Gasteiger partial charge in [-0.1, -0.05) is 17.7 Å². The van der Waals surface area contributed by atoms with Crippen LogP contribution in [-0.4, -0.2) is 19.2 Å². The minimum absolute atomic E-state index is 0.0861. The molecule has 1 saturated heterocycles. The van der Waals surface area contributed by atoms with Crippen molar-refractivity contribution in [1.29, 1.82) is 0 Å². The van der Waals surface area contributed by atoms with Crippen molar-refractivity contribution in [1.82, 2.24) is 5.32 Å². The lowest BCUT2D eigenvalue weighted by Gasteiger charge is -2.28. The molecular weight excluding hydrogens is 243 g/mol. The molecule has 0 saturated carbocycles. The van der Waals surface area contributed by atoms with Gasteiger partial charge in [-0.3, -0.25) is 0 Å². The molecule has 2 rings (SSSR count). The Hall–Kier alpha value is -0.940. The molecule has 88 valence electrons. The summed E-state index contributed by atoms with van der Waals surface area (Å²) in [5, 5.41) is 2.58. The van der Waals surface area contributed by atoms with Gasteiger partial charge in [0, 0.05) is 13.1 Å². The van der Waals surface area contributed by atoms with Crippen LogP contribution in [0.3, 0.4) is 0 Å². The largest absolute Gasteiger partial charge is 0.486 e. The van der Waals surface area contributed by atoms with Crippen LogP contribution in [0.1, 0.15) is 5.56 Å². The molecule has 1 heterocycles. The highest BCUT2D eigenvalue weighted by Gasteiger charge is 2.34. The molecule has 0 bridgehead atoms. The van der Waals surface area contributed by atoms with Crippen LogP contribution in [0.25, 0.3) is 0 Å². The van der Waals surface area contributed by atoms with E-state index in [4.69, 9.17) is 16.3 Å². The average Bonchev–Trinajstić information content (AvgIpc) is 2.11. The second-order valence-corrected chi connectivity index (χ2v) is 3.89. The lowest BCUT2D eigenvalue weighted by Crippen LogP contribution is -2.50. The lowest BCUT2D eigenvalue weighted by molar-refractivity contribution is -0.137. The minimum atomic E-state index is -4.45. The zero-order valence-corrected chi connectivity index (χ0v) is 8.90. The summed E-state index contributed by atoms with van der Waals surface area (Å²) in [7, 11) is 0. The Balaban J connectivity index is 2.25. The highest BCUT2D eigenvalue weighted by molar-refractivity contribution is 6.32. The quantitative estimate of drug-likeness (QED) is 0.873. The van der Waals surface area contributed by atoms with Crippen LogP contribution >= 0.6 is 11.6 Å². The Bertz CT molecular complexity index is 390. The molecule has 1 aliphatic heterocycles. The second kappa shape index (κ2) is 4.14. The maximum Gasteiger partial charge on any atom is 0.417 e. The summed E-state index contributed by atoms with van der Waals surface area (Å²) in [4.78, 5) is 0. The summed E-state index contributed by atoms with van der Waals surface area (Å²) in [6.07, 6.45) is -4.55. The number of alkyl halides is 3. The van der Waals surface area contributed by atoms with Gasteiger partial charge >= 0.3 is 6.18 Å². The van der Waals surface area contributed by atoms with E-state index in [0.717, 1.165) is 6.07 Å². The van der Waals surface area contributed by atoms with E-state index in [1.807, 2.05) is 0 Å². The van der Waals surface area contributed by atoms with Crippen LogP contribution in [0.5, 0.6) is 5.75 Å². The number of benzene rings is 1. The predicted molar refractivity (Wildman–Crippen MR) is 53.7 cm³/mol. The molecule has 2 nitrogen and oxygen atoms in total. The van der Waals surface area contributed by atoms with E-state index in [1.165, 1.54) is 12.1 Å². The van der Waals surface area contributed by atoms with Crippen LogP contribution in [0.15, 0.2) is 18.2 Å². The third-order valence-electron chi connectivity index (χ3n) is 2.31. The molecule has 0 spiro atoms. The van der Waals surface area contributed by atoms with Crippen LogP contribution in [0.2, 0.25) is 5.02 Å². The van der Waals surface area contributed by atoms with Crippen LogP contribution in [0, 0.1) is 0 Å². The zero-order valence-electron chi connectivity index (χ0n) is 8.14. The van der Waals surface area contributed by atoms with Gasteiger partial charge in [0.25, 0.3) is 0 Å². The van der Waals surface area contributed by atoms with Crippen molar-refractivity contribution < 1.29 is 17.9 Å². The first kappa shape index (κ1) is 11.5. The summed E-state index contributed by atoms with van der Waals surface area (Å²) >= 11 is 5.65. The highest BCUT2D eigenvalue weighted by atomic mass is 35.5. The first-order chi connectivity index (χ1) is 7.48. The van der Waals surface area contributed by atoms with Gasteiger partial charge in [-0.25, -0.2) is 0 Å². The number of halogens is 4. The van der Waals surface area contributed by atoms with Crippen molar-refractivity contribution >= 4 is 11.6 Å². The van der Waals surface area contributed by atoms with Gasteiger partial charge in [-0.2, -0.15) is 13.2 Å². The number of nitrogens with one attached hydrogen (secondary N) is 1. The molecule has 0 unspecified atom stereocenters. The molecule has 0 aromatic heterocycles. The fourth-order valence-corrected chi connectivity index (χ4v) is 1.62. The molecule has 16 heavy (non-hydrogen) atoms. The normalized spacial score (nSPS) is 17.0.